The van der Waals surface area contributed by atoms with Crippen LogP contribution in [0.3, 0.4) is 0 Å². The van der Waals surface area contributed by atoms with E-state index < -0.39 is 34.6 Å². The molecule has 0 spiro atoms. The summed E-state index contributed by atoms with van der Waals surface area (Å²) < 4.78 is 73.2. The quantitative estimate of drug-likeness (QED) is 0.376. The second-order valence-electron chi connectivity index (χ2n) is 4.28. The Labute approximate surface area is 125 Å². The Balaban J connectivity index is 2.34. The van der Waals surface area contributed by atoms with Crippen LogP contribution in [0.2, 0.25) is 0 Å². The molecule has 0 aromatic heterocycles. The first kappa shape index (κ1) is 18.7. The van der Waals surface area contributed by atoms with Crippen LogP contribution in [0.1, 0.15) is 5.56 Å². The zero-order valence-electron chi connectivity index (χ0n) is 12.4. The first-order chi connectivity index (χ1) is 10.5. The number of hydrogen-bond donors (Lipinski definition) is 0. The molecule has 1 rings (SSSR count). The summed E-state index contributed by atoms with van der Waals surface area (Å²) in [6, 6.07) is 0. The Kier molecular flexibility index (Phi) is 8.15. The SMILES string of the molecule is COCCOCCOCCOc1c(F)c(F)c(C)c(F)c1F. The van der Waals surface area contributed by atoms with Crippen LogP contribution in [-0.2, 0) is 14.2 Å². The molecule has 0 heterocycles. The zero-order valence-corrected chi connectivity index (χ0v) is 12.4. The van der Waals surface area contributed by atoms with Gasteiger partial charge in [0.25, 0.3) is 0 Å². The third-order valence-corrected chi connectivity index (χ3v) is 2.72. The number of methoxy groups -OCH3 is 1. The van der Waals surface area contributed by atoms with E-state index in [-0.39, 0.29) is 19.8 Å². The standard InChI is InChI=1S/C14H18F4O4/c1-9-10(15)12(17)14(13(18)11(9)16)22-8-7-21-6-5-20-4-3-19-2/h3-8H2,1-2H3. The number of rotatable bonds is 10. The van der Waals surface area contributed by atoms with Gasteiger partial charge >= 0.3 is 0 Å². The van der Waals surface area contributed by atoms with Crippen molar-refractivity contribution in [1.82, 2.24) is 0 Å². The highest BCUT2D eigenvalue weighted by molar-refractivity contribution is 5.33. The lowest BCUT2D eigenvalue weighted by Gasteiger charge is -2.11. The molecule has 1 aromatic carbocycles. The molecule has 0 N–H and O–H groups in total. The summed E-state index contributed by atoms with van der Waals surface area (Å²) in [5.74, 6) is -7.14. The summed E-state index contributed by atoms with van der Waals surface area (Å²) in [5.41, 5.74) is -0.730. The van der Waals surface area contributed by atoms with Crippen molar-refractivity contribution in [2.24, 2.45) is 0 Å². The summed E-state index contributed by atoms with van der Waals surface area (Å²) >= 11 is 0. The van der Waals surface area contributed by atoms with Gasteiger partial charge < -0.3 is 18.9 Å². The molecule has 0 bridgehead atoms. The van der Waals surface area contributed by atoms with E-state index >= 15 is 0 Å². The van der Waals surface area contributed by atoms with Gasteiger partial charge in [0.2, 0.25) is 11.6 Å². The predicted octanol–water partition coefficient (Wildman–Crippen LogP) is 2.61. The van der Waals surface area contributed by atoms with Gasteiger partial charge in [0.1, 0.15) is 6.61 Å². The third kappa shape index (κ3) is 5.11. The van der Waals surface area contributed by atoms with Crippen molar-refractivity contribution >= 4 is 0 Å². The van der Waals surface area contributed by atoms with Crippen LogP contribution in [0, 0.1) is 30.2 Å². The van der Waals surface area contributed by atoms with Crippen LogP contribution in [0.4, 0.5) is 17.6 Å². The molecule has 0 saturated carbocycles. The van der Waals surface area contributed by atoms with Crippen molar-refractivity contribution in [3.63, 3.8) is 0 Å². The molecular weight excluding hydrogens is 308 g/mol. The Morgan fingerprint density at radius 3 is 1.64 bits per heavy atom. The van der Waals surface area contributed by atoms with Gasteiger partial charge in [-0.2, -0.15) is 8.78 Å². The Bertz CT molecular complexity index is 453. The average molecular weight is 326 g/mol. The smallest absolute Gasteiger partial charge is 0.204 e. The maximum absolute atomic E-state index is 13.5. The minimum atomic E-state index is -1.56. The first-order valence-electron chi connectivity index (χ1n) is 6.60. The largest absolute Gasteiger partial charge is 0.485 e. The van der Waals surface area contributed by atoms with Crippen LogP contribution < -0.4 is 4.74 Å². The normalized spacial score (nSPS) is 11.0. The van der Waals surface area contributed by atoms with Crippen molar-refractivity contribution in [3.8, 4) is 5.75 Å². The van der Waals surface area contributed by atoms with Crippen LogP contribution in [0.15, 0.2) is 0 Å². The van der Waals surface area contributed by atoms with Gasteiger partial charge in [0.05, 0.1) is 33.0 Å². The molecule has 1 aromatic rings. The molecule has 126 valence electrons. The fraction of sp³-hybridized carbons (Fsp3) is 0.571. The molecule has 0 amide bonds. The fourth-order valence-electron chi connectivity index (χ4n) is 1.51. The molecule has 22 heavy (non-hydrogen) atoms. The Morgan fingerprint density at radius 1 is 0.682 bits per heavy atom. The van der Waals surface area contributed by atoms with Crippen LogP contribution >= 0.6 is 0 Å². The molecule has 0 aliphatic carbocycles. The molecule has 0 atom stereocenters. The van der Waals surface area contributed by atoms with Crippen LogP contribution in [0.25, 0.3) is 0 Å². The van der Waals surface area contributed by atoms with E-state index in [2.05, 4.69) is 0 Å². The van der Waals surface area contributed by atoms with Gasteiger partial charge in [-0.1, -0.05) is 0 Å². The number of benzene rings is 1. The highest BCUT2D eigenvalue weighted by Gasteiger charge is 2.24. The lowest BCUT2D eigenvalue weighted by molar-refractivity contribution is 0.0173. The second-order valence-corrected chi connectivity index (χ2v) is 4.28. The predicted molar refractivity (Wildman–Crippen MR) is 70.0 cm³/mol. The summed E-state index contributed by atoms with van der Waals surface area (Å²) in [5, 5.41) is 0. The highest BCUT2D eigenvalue weighted by atomic mass is 19.2. The summed E-state index contributed by atoms with van der Waals surface area (Å²) in [7, 11) is 1.55. The summed E-state index contributed by atoms with van der Waals surface area (Å²) in [6.45, 7) is 2.13. The lowest BCUT2D eigenvalue weighted by atomic mass is 10.2. The monoisotopic (exact) mass is 326 g/mol. The van der Waals surface area contributed by atoms with E-state index in [1.165, 1.54) is 0 Å². The average Bonchev–Trinajstić information content (AvgIpc) is 2.52. The van der Waals surface area contributed by atoms with Crippen molar-refractivity contribution in [2.75, 3.05) is 46.8 Å². The van der Waals surface area contributed by atoms with E-state index in [4.69, 9.17) is 18.9 Å². The van der Waals surface area contributed by atoms with E-state index in [1.807, 2.05) is 0 Å². The Hall–Kier alpha value is -1.38. The van der Waals surface area contributed by atoms with Crippen molar-refractivity contribution < 1.29 is 36.5 Å². The molecule has 0 saturated heterocycles. The van der Waals surface area contributed by atoms with E-state index in [0.29, 0.717) is 19.8 Å². The molecule has 4 nitrogen and oxygen atoms in total. The maximum atomic E-state index is 13.5. The van der Waals surface area contributed by atoms with Gasteiger partial charge in [0.15, 0.2) is 17.4 Å². The van der Waals surface area contributed by atoms with E-state index in [1.54, 1.807) is 7.11 Å². The second kappa shape index (κ2) is 9.60. The number of hydrogen-bond acceptors (Lipinski definition) is 4. The van der Waals surface area contributed by atoms with E-state index in [0.717, 1.165) is 6.92 Å². The lowest BCUT2D eigenvalue weighted by Crippen LogP contribution is -2.14. The summed E-state index contributed by atoms with van der Waals surface area (Å²) in [6.07, 6.45) is 0. The van der Waals surface area contributed by atoms with Crippen LogP contribution in [-0.4, -0.2) is 46.8 Å². The fourth-order valence-corrected chi connectivity index (χ4v) is 1.51. The summed E-state index contributed by atoms with van der Waals surface area (Å²) in [4.78, 5) is 0. The topological polar surface area (TPSA) is 36.9 Å². The van der Waals surface area contributed by atoms with Gasteiger partial charge in [-0.3, -0.25) is 0 Å². The first-order valence-corrected chi connectivity index (χ1v) is 6.60. The number of halogens is 4. The third-order valence-electron chi connectivity index (χ3n) is 2.72. The Morgan fingerprint density at radius 2 is 1.14 bits per heavy atom. The van der Waals surface area contributed by atoms with Crippen molar-refractivity contribution in [1.29, 1.82) is 0 Å². The van der Waals surface area contributed by atoms with Crippen LogP contribution in [0.5, 0.6) is 5.75 Å². The minimum absolute atomic E-state index is 0.0103. The van der Waals surface area contributed by atoms with Gasteiger partial charge in [-0.15, -0.1) is 0 Å². The van der Waals surface area contributed by atoms with Gasteiger partial charge in [0, 0.05) is 12.7 Å². The van der Waals surface area contributed by atoms with Gasteiger partial charge in [-0.25, -0.2) is 8.78 Å². The molecule has 0 unspecified atom stereocenters. The van der Waals surface area contributed by atoms with E-state index in [9.17, 15) is 17.6 Å². The number of ether oxygens (including phenoxy) is 4. The molecule has 0 aliphatic rings. The van der Waals surface area contributed by atoms with Crippen molar-refractivity contribution in [2.45, 2.75) is 6.92 Å². The molecule has 0 aliphatic heterocycles. The molecular formula is C14H18F4O4. The minimum Gasteiger partial charge on any atom is -0.485 e. The molecule has 8 heteroatoms. The molecule has 0 fully saturated rings. The maximum Gasteiger partial charge on any atom is 0.204 e. The van der Waals surface area contributed by atoms with Crippen molar-refractivity contribution in [3.05, 3.63) is 28.8 Å². The highest BCUT2D eigenvalue weighted by Crippen LogP contribution is 2.29. The van der Waals surface area contributed by atoms with Gasteiger partial charge in [-0.05, 0) is 6.92 Å². The zero-order chi connectivity index (χ0) is 16.5. The molecule has 0 radical (unpaired) electrons.